The number of imidazole rings is 1. The van der Waals surface area contributed by atoms with Gasteiger partial charge in [-0.2, -0.15) is 4.98 Å². The first kappa shape index (κ1) is 27.7. The molecule has 4 aromatic heterocycles. The molecular formula is C28H27Cl2N9O3. The minimum Gasteiger partial charge on any atom is -0.444 e. The number of para-hydroxylation sites is 1. The van der Waals surface area contributed by atoms with Crippen LogP contribution in [0.4, 0.5) is 22.2 Å². The first-order valence-electron chi connectivity index (χ1n) is 13.2. The minimum atomic E-state index is -0.526. The van der Waals surface area contributed by atoms with E-state index < -0.39 is 11.2 Å². The van der Waals surface area contributed by atoms with Gasteiger partial charge in [0.15, 0.2) is 5.65 Å². The van der Waals surface area contributed by atoms with E-state index in [2.05, 4.69) is 30.2 Å². The van der Waals surface area contributed by atoms with Crippen LogP contribution >= 0.6 is 23.2 Å². The van der Waals surface area contributed by atoms with E-state index in [1.54, 1.807) is 46.1 Å². The van der Waals surface area contributed by atoms with E-state index in [4.69, 9.17) is 27.9 Å². The summed E-state index contributed by atoms with van der Waals surface area (Å²) in [7, 11) is 0. The van der Waals surface area contributed by atoms with Crippen molar-refractivity contribution in [2.45, 2.75) is 26.4 Å². The van der Waals surface area contributed by atoms with Crippen molar-refractivity contribution in [1.82, 2.24) is 33.8 Å². The number of pyridine rings is 1. The fourth-order valence-electron chi connectivity index (χ4n) is 4.73. The van der Waals surface area contributed by atoms with E-state index in [-0.39, 0.29) is 17.4 Å². The number of anilines is 3. The molecule has 12 nitrogen and oxygen atoms in total. The number of carbonyl (C=O) groups excluding carboxylic acids is 1. The third kappa shape index (κ3) is 5.30. The van der Waals surface area contributed by atoms with Gasteiger partial charge >= 0.3 is 6.09 Å². The Morgan fingerprint density at radius 2 is 1.71 bits per heavy atom. The molecule has 0 radical (unpaired) electrons. The minimum absolute atomic E-state index is 0.265. The standard InChI is InChI=1S/C28H27Cl2N9O3/c1-28(2,3)42-27(41)37-13-11-36(12-14-37)21-8-7-17(15-32-21)34-25-33-16-18-23(35-25)38-10-9-31-26(38)39(24(18)40)22-19(29)5-4-6-20(22)30/h4-10,15-16H,11-14H2,1-3H3,(H,33,34,35). The molecule has 5 aromatic rings. The summed E-state index contributed by atoms with van der Waals surface area (Å²) >= 11 is 12.8. The third-order valence-corrected chi connectivity index (χ3v) is 7.28. The number of amides is 1. The maximum Gasteiger partial charge on any atom is 0.410 e. The van der Waals surface area contributed by atoms with Crippen molar-refractivity contribution in [2.24, 2.45) is 0 Å². The second-order valence-corrected chi connectivity index (χ2v) is 11.5. The number of hydrogen-bond acceptors (Lipinski definition) is 9. The van der Waals surface area contributed by atoms with Gasteiger partial charge in [-0.1, -0.05) is 29.3 Å². The van der Waals surface area contributed by atoms with Gasteiger partial charge in [-0.25, -0.2) is 24.3 Å². The molecule has 1 N–H and O–H groups in total. The van der Waals surface area contributed by atoms with Crippen LogP contribution in [0.15, 0.2) is 59.9 Å². The Balaban J connectivity index is 1.22. The SMILES string of the molecule is CC(C)(C)OC(=O)N1CCN(c2ccc(Nc3ncc4c(=O)n(-c5c(Cl)cccc5Cl)c5nccn5c4n3)cn2)CC1. The van der Waals surface area contributed by atoms with Crippen molar-refractivity contribution in [3.63, 3.8) is 0 Å². The summed E-state index contributed by atoms with van der Waals surface area (Å²) in [6.07, 6.45) is 6.12. The van der Waals surface area contributed by atoms with Crippen LogP contribution in [0.1, 0.15) is 20.8 Å². The summed E-state index contributed by atoms with van der Waals surface area (Å²) in [5.74, 6) is 1.39. The van der Waals surface area contributed by atoms with E-state index >= 15 is 0 Å². The molecule has 14 heteroatoms. The van der Waals surface area contributed by atoms with Crippen LogP contribution in [0, 0.1) is 0 Å². The number of rotatable bonds is 4. The van der Waals surface area contributed by atoms with Crippen LogP contribution in [0.25, 0.3) is 22.5 Å². The van der Waals surface area contributed by atoms with Crippen molar-refractivity contribution in [3.05, 3.63) is 75.5 Å². The van der Waals surface area contributed by atoms with Crippen molar-refractivity contribution >= 4 is 63.6 Å². The second-order valence-electron chi connectivity index (χ2n) is 10.7. The molecule has 0 saturated carbocycles. The molecule has 0 unspecified atom stereocenters. The van der Waals surface area contributed by atoms with Gasteiger partial charge in [0.1, 0.15) is 16.8 Å². The highest BCUT2D eigenvalue weighted by atomic mass is 35.5. The topological polar surface area (TPSA) is 123 Å². The lowest BCUT2D eigenvalue weighted by Gasteiger charge is -2.36. The van der Waals surface area contributed by atoms with E-state index in [0.717, 1.165) is 5.82 Å². The predicted octanol–water partition coefficient (Wildman–Crippen LogP) is 4.93. The molecule has 216 valence electrons. The average Bonchev–Trinajstić information content (AvgIpc) is 3.44. The summed E-state index contributed by atoms with van der Waals surface area (Å²) in [4.78, 5) is 47.7. The van der Waals surface area contributed by atoms with Crippen LogP contribution in [-0.4, -0.2) is 71.7 Å². The van der Waals surface area contributed by atoms with Crippen LogP contribution in [0.5, 0.6) is 0 Å². The average molecular weight is 608 g/mol. The van der Waals surface area contributed by atoms with Gasteiger partial charge < -0.3 is 19.9 Å². The first-order valence-corrected chi connectivity index (χ1v) is 14.0. The molecule has 5 heterocycles. The Morgan fingerprint density at radius 1 is 0.976 bits per heavy atom. The number of carbonyl (C=O) groups is 1. The van der Waals surface area contributed by atoms with Crippen molar-refractivity contribution in [1.29, 1.82) is 0 Å². The molecule has 1 aliphatic heterocycles. The van der Waals surface area contributed by atoms with Gasteiger partial charge in [0.25, 0.3) is 5.56 Å². The van der Waals surface area contributed by atoms with E-state index in [1.165, 1.54) is 10.8 Å². The Morgan fingerprint density at radius 3 is 2.38 bits per heavy atom. The predicted molar refractivity (Wildman–Crippen MR) is 161 cm³/mol. The Bertz CT molecular complexity index is 1840. The molecule has 0 atom stereocenters. The maximum atomic E-state index is 13.6. The molecule has 0 aliphatic carbocycles. The molecule has 6 rings (SSSR count). The van der Waals surface area contributed by atoms with Crippen LogP contribution in [0.3, 0.4) is 0 Å². The number of nitrogens with zero attached hydrogens (tertiary/aromatic N) is 8. The Kier molecular flexibility index (Phi) is 7.11. The number of nitrogens with one attached hydrogen (secondary N) is 1. The normalized spacial score (nSPS) is 14.0. The fraction of sp³-hybridized carbons (Fsp3) is 0.286. The first-order chi connectivity index (χ1) is 20.1. The lowest BCUT2D eigenvalue weighted by atomic mass is 10.2. The summed E-state index contributed by atoms with van der Waals surface area (Å²) in [5, 5.41) is 4.05. The monoisotopic (exact) mass is 607 g/mol. The lowest BCUT2D eigenvalue weighted by molar-refractivity contribution is 0.0240. The van der Waals surface area contributed by atoms with Gasteiger partial charge in [0, 0.05) is 44.8 Å². The van der Waals surface area contributed by atoms with Gasteiger partial charge in [-0.3, -0.25) is 9.20 Å². The molecule has 1 amide bonds. The largest absolute Gasteiger partial charge is 0.444 e. The molecule has 1 aromatic carbocycles. The summed E-state index contributed by atoms with van der Waals surface area (Å²) in [6.45, 7) is 7.96. The number of ether oxygens (including phenoxy) is 1. The number of fused-ring (bicyclic) bond motifs is 3. The number of benzene rings is 1. The van der Waals surface area contributed by atoms with Gasteiger partial charge in [0.2, 0.25) is 11.7 Å². The zero-order chi connectivity index (χ0) is 29.6. The quantitative estimate of drug-likeness (QED) is 0.303. The van der Waals surface area contributed by atoms with E-state index in [9.17, 15) is 9.59 Å². The molecule has 0 spiro atoms. The Hall–Kier alpha value is -4.42. The number of hydrogen-bond donors (Lipinski definition) is 1. The fourth-order valence-corrected chi connectivity index (χ4v) is 5.30. The number of aromatic nitrogens is 6. The highest BCUT2D eigenvalue weighted by molar-refractivity contribution is 6.37. The highest BCUT2D eigenvalue weighted by Crippen LogP contribution is 2.29. The van der Waals surface area contributed by atoms with Crippen molar-refractivity contribution in [2.75, 3.05) is 36.4 Å². The van der Waals surface area contributed by atoms with Gasteiger partial charge in [0.05, 0.1) is 27.6 Å². The smallest absolute Gasteiger partial charge is 0.410 e. The molecule has 42 heavy (non-hydrogen) atoms. The summed E-state index contributed by atoms with van der Waals surface area (Å²) in [6, 6.07) is 8.79. The highest BCUT2D eigenvalue weighted by Gasteiger charge is 2.26. The third-order valence-electron chi connectivity index (χ3n) is 6.67. The summed E-state index contributed by atoms with van der Waals surface area (Å²) < 4.78 is 8.52. The van der Waals surface area contributed by atoms with Crippen LogP contribution in [-0.2, 0) is 4.74 Å². The number of piperazine rings is 1. The molecular weight excluding hydrogens is 581 g/mol. The van der Waals surface area contributed by atoms with Crippen LogP contribution in [0.2, 0.25) is 10.0 Å². The van der Waals surface area contributed by atoms with Crippen molar-refractivity contribution < 1.29 is 9.53 Å². The molecule has 1 saturated heterocycles. The molecule has 0 bridgehead atoms. The van der Waals surface area contributed by atoms with Crippen molar-refractivity contribution in [3.8, 4) is 5.69 Å². The molecule has 1 aliphatic rings. The summed E-state index contributed by atoms with van der Waals surface area (Å²) in [5.41, 5.74) is 0.453. The Labute approximate surface area is 250 Å². The zero-order valence-electron chi connectivity index (χ0n) is 23.1. The van der Waals surface area contributed by atoms with E-state index in [1.807, 2.05) is 32.9 Å². The molecule has 1 fully saturated rings. The van der Waals surface area contributed by atoms with E-state index in [0.29, 0.717) is 59.0 Å². The van der Waals surface area contributed by atoms with Gasteiger partial charge in [-0.15, -0.1) is 0 Å². The lowest BCUT2D eigenvalue weighted by Crippen LogP contribution is -2.50. The van der Waals surface area contributed by atoms with Gasteiger partial charge in [-0.05, 0) is 45.0 Å². The number of halogens is 2. The zero-order valence-corrected chi connectivity index (χ0v) is 24.6. The maximum absolute atomic E-state index is 13.6. The van der Waals surface area contributed by atoms with Crippen LogP contribution < -0.4 is 15.8 Å². The second kappa shape index (κ2) is 10.8.